The fourth-order valence-corrected chi connectivity index (χ4v) is 14.6. The molecule has 5 saturated heterocycles. The standard InChI is InChI=1S/C18H29N3O5.C14H20N2O5.C14H24N2O2.C10H17NO3.2C9H12N2O3.C6H4ClN3.C4H6ClNO3.C4H9N/c1-5-24-15(22)14-13-12-20(16(23)25-17(2,3)4)11-8-18(13,26-19-14)21-9-6-7-10-21;1-5-19-12(17)11-9-8-16(7-6-10(9)21-15-11)13(18)20-14(2,3)4;1-14(2,3)18-13(17)16-10-6-12(7-11-16)15-8-4-5-9-15;1-10(2,3)14-9(13)11-6-4-8(12)5-7-11;2*1-2-13-9(12)8-6-5-10-4-3-7(6)14-11-8;7-5-4-1-2-8-6(4)10-3-9-5;1-2-9-4(7)3(5)6-8;1-2-4-5-3-1/h13H,5-12H2,1-4H3;5-8H2,1-4H3;6H,4-5,7-11H2,1-3H3;4-7H2,1-3H3;2*10H,2-5H2,1H3;1-3H,(H,8,9,10);8H,2H2,1H3;5H,1-4H2/b;;;;;;;6-3-;. The summed E-state index contributed by atoms with van der Waals surface area (Å²) in [5.74, 6) is -0.510. The number of piperidine rings is 2. The van der Waals surface area contributed by atoms with Crippen molar-refractivity contribution in [3.05, 3.63) is 86.6 Å². The van der Waals surface area contributed by atoms with Crippen molar-refractivity contribution < 1.29 is 114 Å². The fourth-order valence-electron chi connectivity index (χ4n) is 14.4. The molecule has 5 N–H and O–H groups in total. The van der Waals surface area contributed by atoms with Gasteiger partial charge in [0.2, 0.25) is 5.72 Å². The number of ketones is 1. The van der Waals surface area contributed by atoms with Crippen LogP contribution in [0.2, 0.25) is 5.15 Å². The molecule has 4 amide bonds. The van der Waals surface area contributed by atoms with Gasteiger partial charge in [0, 0.05) is 172 Å². The summed E-state index contributed by atoms with van der Waals surface area (Å²) in [6.45, 7) is 45.9. The summed E-state index contributed by atoms with van der Waals surface area (Å²) in [5.41, 5.74) is 2.87. The number of H-pyrrole nitrogens is 1. The van der Waals surface area contributed by atoms with Crippen LogP contribution in [0.15, 0.2) is 54.2 Å². The van der Waals surface area contributed by atoms with Crippen molar-refractivity contribution >= 4 is 105 Å². The highest BCUT2D eigenvalue weighted by Crippen LogP contribution is 2.43. The summed E-state index contributed by atoms with van der Waals surface area (Å²) >= 11 is 10.7. The van der Waals surface area contributed by atoms with E-state index in [-0.39, 0.29) is 67.8 Å². The summed E-state index contributed by atoms with van der Waals surface area (Å²) in [5, 5.41) is 36.0. The molecule has 2 unspecified atom stereocenters. The molecule has 728 valence electrons. The number of fused-ring (bicyclic) bond motifs is 5. The van der Waals surface area contributed by atoms with Crippen molar-refractivity contribution in [1.29, 1.82) is 0 Å². The highest BCUT2D eigenvalue weighted by Gasteiger charge is 2.59. The molecular formula is C88H133Cl2N17O24. The van der Waals surface area contributed by atoms with E-state index in [4.69, 9.17) is 84.7 Å². The largest absolute Gasteiger partial charge is 0.461 e. The van der Waals surface area contributed by atoms with Gasteiger partial charge in [-0.05, 0) is 181 Å². The first-order valence-electron chi connectivity index (χ1n) is 44.8. The molecule has 131 heavy (non-hydrogen) atoms. The number of ether oxygens (including phenoxy) is 9. The maximum absolute atomic E-state index is 12.5. The summed E-state index contributed by atoms with van der Waals surface area (Å²) in [7, 11) is 0. The maximum atomic E-state index is 12.5. The third kappa shape index (κ3) is 34.1. The number of hydrogen-bond acceptors (Lipinski definition) is 36. The lowest BCUT2D eigenvalue weighted by Gasteiger charge is -2.46. The molecular weight excluding hydrogens is 1750 g/mol. The molecule has 0 radical (unpaired) electrons. The summed E-state index contributed by atoms with van der Waals surface area (Å²) in [4.78, 5) is 144. The predicted octanol–water partition coefficient (Wildman–Crippen LogP) is 11.9. The number of likely N-dealkylation sites (tertiary alicyclic amines) is 4. The van der Waals surface area contributed by atoms with Gasteiger partial charge in [0.05, 0.1) is 50.9 Å². The third-order valence-electron chi connectivity index (χ3n) is 20.5. The number of amides is 4. The number of halogens is 2. The van der Waals surface area contributed by atoms with Crippen LogP contribution in [-0.4, -0.2) is 295 Å². The second-order valence-electron chi connectivity index (χ2n) is 35.1. The number of carbonyl (C=O) groups is 10. The maximum Gasteiger partial charge on any atom is 0.410 e. The zero-order valence-electron chi connectivity index (χ0n) is 78.7. The lowest BCUT2D eigenvalue weighted by Crippen LogP contribution is -2.62. The quantitative estimate of drug-likeness (QED) is 0.0193. The van der Waals surface area contributed by atoms with E-state index < -0.39 is 69.2 Å². The molecule has 0 bridgehead atoms. The smallest absolute Gasteiger partial charge is 0.410 e. The minimum Gasteiger partial charge on any atom is -0.461 e. The van der Waals surface area contributed by atoms with Crippen LogP contribution < -0.4 is 16.0 Å². The summed E-state index contributed by atoms with van der Waals surface area (Å²) < 4.78 is 60.8. The molecule has 5 fully saturated rings. The van der Waals surface area contributed by atoms with E-state index in [9.17, 15) is 47.9 Å². The van der Waals surface area contributed by atoms with E-state index in [1.807, 2.05) is 89.2 Å². The lowest BCUT2D eigenvalue weighted by molar-refractivity contribution is -0.175. The van der Waals surface area contributed by atoms with Gasteiger partial charge in [-0.15, -0.1) is 0 Å². The number of carbonyl (C=O) groups excluding carboxylic acids is 10. The van der Waals surface area contributed by atoms with Crippen LogP contribution in [0.1, 0.15) is 247 Å². The van der Waals surface area contributed by atoms with Crippen molar-refractivity contribution in [2.45, 2.75) is 249 Å². The second kappa shape index (κ2) is 51.9. The second-order valence-corrected chi connectivity index (χ2v) is 35.8. The van der Waals surface area contributed by atoms with E-state index in [2.05, 4.69) is 77.3 Å². The fraction of sp³-hybridized carbons (Fsp3) is 0.670. The molecule has 0 aromatic carbocycles. The average Bonchev–Trinajstić information content (AvgIpc) is 1.59. The van der Waals surface area contributed by atoms with E-state index in [1.165, 1.54) is 68.8 Å². The van der Waals surface area contributed by atoms with E-state index >= 15 is 0 Å². The Kier molecular flexibility index (Phi) is 42.5. The number of Topliss-reactive ketones (excluding diaryl/α,β-unsaturated/α-hetero) is 1. The molecule has 0 saturated carbocycles. The SMILES string of the molecule is C1CCNC1.CC(C)(C)OC(=O)N1CC=C(N2CCCC2)CC1.CC(C)(C)OC(=O)N1CCC(=O)CC1.CCOC(=O)/C(Cl)=N/O.CCOC(=O)C1=NOC2(N3CCCC3)CCN(C(=O)OC(C)(C)C)CC12.CCOC(=O)c1noc2c1CN(C(=O)OC(C)(C)C)CC2.CCOC(=O)c1noc2c1CNCC2.CCOC(=O)c1noc2c1CNCC2.Clc1ncnc2[nH]ccc12. The van der Waals surface area contributed by atoms with E-state index in [1.54, 1.807) is 55.5 Å². The van der Waals surface area contributed by atoms with Gasteiger partial charge in [0.15, 0.2) is 22.8 Å². The first-order valence-corrected chi connectivity index (χ1v) is 45.5. The van der Waals surface area contributed by atoms with Crippen LogP contribution in [0.3, 0.4) is 0 Å². The number of nitrogens with zero attached hydrogens (tertiary/aromatic N) is 13. The van der Waals surface area contributed by atoms with Crippen LogP contribution >= 0.6 is 23.2 Å². The van der Waals surface area contributed by atoms with Crippen molar-refractivity contribution in [2.75, 3.05) is 131 Å². The first kappa shape index (κ1) is 107. The molecule has 0 aliphatic carbocycles. The molecule has 41 nitrogen and oxygen atoms in total. The van der Waals surface area contributed by atoms with Crippen LogP contribution in [0.5, 0.6) is 0 Å². The molecule has 2 atom stereocenters. The lowest BCUT2D eigenvalue weighted by atomic mass is 9.84. The number of oxime groups is 2. The molecule has 15 heterocycles. The van der Waals surface area contributed by atoms with Crippen LogP contribution in [0.25, 0.3) is 11.0 Å². The van der Waals surface area contributed by atoms with Crippen molar-refractivity contribution in [1.82, 2.24) is 75.8 Å². The topological polar surface area (TPSA) is 483 Å². The van der Waals surface area contributed by atoms with E-state index in [0.717, 1.165) is 98.5 Å². The molecule has 5 aromatic heterocycles. The molecule has 5 aromatic rings. The number of rotatable bonds is 12. The van der Waals surface area contributed by atoms with Gasteiger partial charge in [0.25, 0.3) is 5.17 Å². The Hall–Kier alpha value is -10.8. The van der Waals surface area contributed by atoms with Crippen LogP contribution in [-0.2, 0) is 101 Å². The van der Waals surface area contributed by atoms with Gasteiger partial charge in [0.1, 0.15) is 62.6 Å². The van der Waals surface area contributed by atoms with Gasteiger partial charge >= 0.3 is 54.2 Å². The minimum absolute atomic E-state index is 0.139. The Morgan fingerprint density at radius 1 is 0.519 bits per heavy atom. The monoisotopic (exact) mass is 1880 g/mol. The zero-order chi connectivity index (χ0) is 96.2. The van der Waals surface area contributed by atoms with Gasteiger partial charge in [-0.25, -0.2) is 53.1 Å². The Balaban J connectivity index is 0.000000207. The van der Waals surface area contributed by atoms with Gasteiger partial charge in [-0.2, -0.15) is 0 Å². The van der Waals surface area contributed by atoms with Crippen molar-refractivity contribution in [3.8, 4) is 0 Å². The molecule has 10 aliphatic heterocycles. The predicted molar refractivity (Wildman–Crippen MR) is 479 cm³/mol. The Morgan fingerprint density at radius 3 is 1.43 bits per heavy atom. The van der Waals surface area contributed by atoms with E-state index in [0.29, 0.717) is 119 Å². The number of esters is 5. The average molecular weight is 1880 g/mol. The number of nitrogens with one attached hydrogen (secondary N) is 4. The number of aromatic amines is 1. The summed E-state index contributed by atoms with van der Waals surface area (Å²) in [6, 6.07) is 1.84. The number of hydrogen-bond donors (Lipinski definition) is 5. The summed E-state index contributed by atoms with van der Waals surface area (Å²) in [6.07, 6.45) is 16.2. The normalized spacial score (nSPS) is 18.6. The molecule has 10 aliphatic rings. The van der Waals surface area contributed by atoms with Gasteiger partial charge in [-0.1, -0.05) is 49.0 Å². The van der Waals surface area contributed by atoms with Gasteiger partial charge in [-0.3, -0.25) is 9.69 Å². The Labute approximate surface area is 774 Å². The third-order valence-corrected chi connectivity index (χ3v) is 21.0. The van der Waals surface area contributed by atoms with Crippen molar-refractivity contribution in [3.63, 3.8) is 0 Å². The van der Waals surface area contributed by atoms with Crippen LogP contribution in [0.4, 0.5) is 19.2 Å². The van der Waals surface area contributed by atoms with Crippen molar-refractivity contribution in [2.24, 2.45) is 16.2 Å². The molecule has 15 rings (SSSR count). The minimum atomic E-state index is -0.818. The Bertz CT molecular complexity index is 4570. The first-order chi connectivity index (χ1) is 62.2. The van der Waals surface area contributed by atoms with Gasteiger partial charge < -0.3 is 112 Å². The highest BCUT2D eigenvalue weighted by molar-refractivity contribution is 6.81. The Morgan fingerprint density at radius 2 is 0.969 bits per heavy atom. The zero-order valence-corrected chi connectivity index (χ0v) is 80.3. The molecule has 43 heteroatoms. The van der Waals surface area contributed by atoms with Crippen LogP contribution in [0, 0.1) is 5.92 Å². The highest BCUT2D eigenvalue weighted by atomic mass is 35.5. The number of aromatic nitrogens is 6. The molecule has 0 spiro atoms.